The van der Waals surface area contributed by atoms with Crippen LogP contribution in [0, 0.1) is 11.3 Å². The Morgan fingerprint density at radius 3 is 2.42 bits per heavy atom. The van der Waals surface area contributed by atoms with Gasteiger partial charge in [-0.3, -0.25) is 0 Å². The van der Waals surface area contributed by atoms with Gasteiger partial charge in [0.2, 0.25) is 0 Å². The number of amides is 2. The van der Waals surface area contributed by atoms with Crippen LogP contribution in [0.1, 0.15) is 50.6 Å². The summed E-state index contributed by atoms with van der Waals surface area (Å²) >= 11 is 0. The Bertz CT molecular complexity index is 598. The predicted molar refractivity (Wildman–Crippen MR) is 92.7 cm³/mol. The summed E-state index contributed by atoms with van der Waals surface area (Å²) < 4.78 is 0. The lowest BCUT2D eigenvalue weighted by Crippen LogP contribution is -2.50. The Hall–Kier alpha value is -2.29. The minimum atomic E-state index is -0.0232. The molecule has 2 N–H and O–H groups in total. The number of nitrogens with one attached hydrogen (secondary N) is 2. The van der Waals surface area contributed by atoms with E-state index in [2.05, 4.69) is 26.6 Å². The van der Waals surface area contributed by atoms with Gasteiger partial charge < -0.3 is 15.5 Å². The summed E-state index contributed by atoms with van der Waals surface area (Å²) in [6.07, 6.45) is 7.74. The first-order chi connectivity index (χ1) is 11.7. The average Bonchev–Trinajstić information content (AvgIpc) is 2.63. The molecule has 6 heteroatoms. The Labute approximate surface area is 143 Å². The van der Waals surface area contributed by atoms with Crippen LogP contribution >= 0.6 is 0 Å². The van der Waals surface area contributed by atoms with E-state index < -0.39 is 0 Å². The number of carbonyl (C=O) groups is 1. The van der Waals surface area contributed by atoms with Crippen molar-refractivity contribution in [1.29, 1.82) is 5.26 Å². The van der Waals surface area contributed by atoms with Crippen molar-refractivity contribution in [3.8, 4) is 6.07 Å². The molecule has 2 amide bonds. The fourth-order valence-corrected chi connectivity index (χ4v) is 3.57. The Morgan fingerprint density at radius 2 is 1.75 bits per heavy atom. The van der Waals surface area contributed by atoms with Crippen LogP contribution in [0.15, 0.2) is 18.2 Å². The zero-order valence-electron chi connectivity index (χ0n) is 14.0. The SMILES string of the molecule is N#Cc1cccc(N2CCC(NC(=O)NC3CCCCC3)CC2)n1. The van der Waals surface area contributed by atoms with E-state index in [-0.39, 0.29) is 12.1 Å². The highest BCUT2D eigenvalue weighted by atomic mass is 16.2. The third-order valence-corrected chi connectivity index (χ3v) is 4.94. The first-order valence-electron chi connectivity index (χ1n) is 8.94. The third-order valence-electron chi connectivity index (χ3n) is 4.94. The van der Waals surface area contributed by atoms with Crippen molar-refractivity contribution in [3.05, 3.63) is 23.9 Å². The van der Waals surface area contributed by atoms with Crippen LogP contribution < -0.4 is 15.5 Å². The highest BCUT2D eigenvalue weighted by Crippen LogP contribution is 2.19. The molecule has 2 heterocycles. The second kappa shape index (κ2) is 8.00. The monoisotopic (exact) mass is 327 g/mol. The summed E-state index contributed by atoms with van der Waals surface area (Å²) in [5.41, 5.74) is 0.444. The molecule has 1 aliphatic carbocycles. The Kier molecular flexibility index (Phi) is 5.52. The van der Waals surface area contributed by atoms with Crippen LogP contribution in [0.25, 0.3) is 0 Å². The lowest BCUT2D eigenvalue weighted by atomic mass is 9.96. The maximum absolute atomic E-state index is 12.1. The number of piperidine rings is 1. The number of hydrogen-bond donors (Lipinski definition) is 2. The van der Waals surface area contributed by atoms with Gasteiger partial charge in [0, 0.05) is 25.2 Å². The van der Waals surface area contributed by atoms with E-state index in [1.54, 1.807) is 6.07 Å². The van der Waals surface area contributed by atoms with Crippen molar-refractivity contribution in [2.45, 2.75) is 57.0 Å². The van der Waals surface area contributed by atoms with Gasteiger partial charge in [-0.25, -0.2) is 9.78 Å². The smallest absolute Gasteiger partial charge is 0.315 e. The number of aromatic nitrogens is 1. The molecule has 0 bridgehead atoms. The van der Waals surface area contributed by atoms with Crippen LogP contribution in [0.5, 0.6) is 0 Å². The predicted octanol–water partition coefficient (Wildman–Crippen LogP) is 2.55. The first-order valence-corrected chi connectivity index (χ1v) is 8.94. The van der Waals surface area contributed by atoms with E-state index in [0.29, 0.717) is 11.7 Å². The lowest BCUT2D eigenvalue weighted by Gasteiger charge is -2.33. The molecule has 2 fully saturated rings. The van der Waals surface area contributed by atoms with E-state index in [0.717, 1.165) is 44.6 Å². The molecule has 3 rings (SSSR count). The van der Waals surface area contributed by atoms with Crippen molar-refractivity contribution in [1.82, 2.24) is 15.6 Å². The number of rotatable bonds is 3. The number of hydrogen-bond acceptors (Lipinski definition) is 4. The molecule has 24 heavy (non-hydrogen) atoms. The molecule has 0 unspecified atom stereocenters. The van der Waals surface area contributed by atoms with Gasteiger partial charge in [0.05, 0.1) is 0 Å². The van der Waals surface area contributed by atoms with Gasteiger partial charge in [-0.1, -0.05) is 25.3 Å². The van der Waals surface area contributed by atoms with Gasteiger partial charge in [0.25, 0.3) is 0 Å². The molecule has 0 radical (unpaired) electrons. The summed E-state index contributed by atoms with van der Waals surface area (Å²) in [6, 6.07) is 8.12. The molecule has 128 valence electrons. The van der Waals surface area contributed by atoms with Crippen molar-refractivity contribution in [3.63, 3.8) is 0 Å². The van der Waals surface area contributed by atoms with Crippen molar-refractivity contribution >= 4 is 11.8 Å². The highest BCUT2D eigenvalue weighted by molar-refractivity contribution is 5.74. The van der Waals surface area contributed by atoms with Crippen LogP contribution in [-0.2, 0) is 0 Å². The minimum absolute atomic E-state index is 0.0232. The van der Waals surface area contributed by atoms with Crippen molar-refractivity contribution in [2.24, 2.45) is 0 Å². The Balaban J connectivity index is 1.44. The summed E-state index contributed by atoms with van der Waals surface area (Å²) in [6.45, 7) is 1.69. The quantitative estimate of drug-likeness (QED) is 0.894. The number of pyridine rings is 1. The fraction of sp³-hybridized carbons (Fsp3) is 0.611. The maximum atomic E-state index is 12.1. The zero-order valence-corrected chi connectivity index (χ0v) is 14.0. The maximum Gasteiger partial charge on any atom is 0.315 e. The van der Waals surface area contributed by atoms with Gasteiger partial charge >= 0.3 is 6.03 Å². The van der Waals surface area contributed by atoms with Gasteiger partial charge in [0.15, 0.2) is 0 Å². The van der Waals surface area contributed by atoms with E-state index in [1.807, 2.05) is 12.1 Å². The van der Waals surface area contributed by atoms with Crippen molar-refractivity contribution < 1.29 is 4.79 Å². The van der Waals surface area contributed by atoms with Crippen LogP contribution in [0.3, 0.4) is 0 Å². The molecule has 1 aromatic heterocycles. The van der Waals surface area contributed by atoms with Crippen LogP contribution in [-0.4, -0.2) is 36.2 Å². The van der Waals surface area contributed by atoms with E-state index in [9.17, 15) is 4.79 Å². The van der Waals surface area contributed by atoms with E-state index >= 15 is 0 Å². The summed E-state index contributed by atoms with van der Waals surface area (Å²) in [5, 5.41) is 15.2. The zero-order chi connectivity index (χ0) is 16.8. The molecular weight excluding hydrogens is 302 g/mol. The fourth-order valence-electron chi connectivity index (χ4n) is 3.57. The molecule has 1 saturated heterocycles. The lowest BCUT2D eigenvalue weighted by molar-refractivity contribution is 0.226. The van der Waals surface area contributed by atoms with E-state index in [4.69, 9.17) is 5.26 Å². The summed E-state index contributed by atoms with van der Waals surface area (Å²) in [4.78, 5) is 18.7. The van der Waals surface area contributed by atoms with E-state index in [1.165, 1.54) is 19.3 Å². The second-order valence-corrected chi connectivity index (χ2v) is 6.71. The van der Waals surface area contributed by atoms with Crippen LogP contribution in [0.2, 0.25) is 0 Å². The number of nitriles is 1. The number of nitrogens with zero attached hydrogens (tertiary/aromatic N) is 3. The summed E-state index contributed by atoms with van der Waals surface area (Å²) in [5.74, 6) is 0.846. The third kappa shape index (κ3) is 4.38. The molecule has 1 aliphatic heterocycles. The minimum Gasteiger partial charge on any atom is -0.356 e. The molecule has 0 aromatic carbocycles. The Morgan fingerprint density at radius 1 is 1.08 bits per heavy atom. The molecule has 1 saturated carbocycles. The highest BCUT2D eigenvalue weighted by Gasteiger charge is 2.23. The molecule has 0 atom stereocenters. The summed E-state index contributed by atoms with van der Waals surface area (Å²) in [7, 11) is 0. The average molecular weight is 327 g/mol. The molecule has 6 nitrogen and oxygen atoms in total. The normalized spacial score (nSPS) is 19.5. The largest absolute Gasteiger partial charge is 0.356 e. The molecular formula is C18H25N5O. The molecule has 1 aromatic rings. The number of anilines is 1. The van der Waals surface area contributed by atoms with Gasteiger partial charge in [-0.05, 0) is 37.8 Å². The standard InChI is InChI=1S/C18H25N5O/c19-13-16-7-4-8-17(20-16)23-11-9-15(10-12-23)22-18(24)21-14-5-2-1-3-6-14/h4,7-8,14-15H,1-3,5-6,9-12H2,(H2,21,22,24). The topological polar surface area (TPSA) is 81.0 Å². The van der Waals surface area contributed by atoms with Crippen molar-refractivity contribution in [2.75, 3.05) is 18.0 Å². The van der Waals surface area contributed by atoms with Crippen LogP contribution in [0.4, 0.5) is 10.6 Å². The molecule has 2 aliphatic rings. The second-order valence-electron chi connectivity index (χ2n) is 6.71. The number of urea groups is 1. The first kappa shape index (κ1) is 16.6. The molecule has 0 spiro atoms. The van der Waals surface area contributed by atoms with Gasteiger partial charge in [0.1, 0.15) is 17.6 Å². The number of carbonyl (C=O) groups excluding carboxylic acids is 1. The van der Waals surface area contributed by atoms with Gasteiger partial charge in [-0.2, -0.15) is 5.26 Å². The van der Waals surface area contributed by atoms with Gasteiger partial charge in [-0.15, -0.1) is 0 Å².